The molecule has 4 rings (SSSR count). The van der Waals surface area contributed by atoms with Gasteiger partial charge in [0.2, 0.25) is 0 Å². The van der Waals surface area contributed by atoms with E-state index in [9.17, 15) is 17.8 Å². The van der Waals surface area contributed by atoms with Crippen LogP contribution in [0.4, 0.5) is 0 Å². The van der Waals surface area contributed by atoms with Gasteiger partial charge in [-0.3, -0.25) is 9.35 Å². The lowest BCUT2D eigenvalue weighted by atomic mass is 9.46. The molecule has 3 saturated carbocycles. The average Bonchev–Trinajstić information content (AvgIpc) is 3.13. The molecular formula is C30H48O6S. The zero-order valence-electron chi connectivity index (χ0n) is 23.7. The number of carbonyl (C=O) groups excluding carboxylic acids is 1. The SMILES string of the molecule is C=C(CCC(C)C1CCC2C3C(OC(C)=O)C=C4C[C@@H](OS(=O)(=O)O)CC[C@]4(C)C3CC[C@]12C)C(C)C. The first-order chi connectivity index (χ1) is 17.2. The molecule has 0 amide bonds. The van der Waals surface area contributed by atoms with Crippen molar-refractivity contribution in [1.29, 1.82) is 0 Å². The minimum absolute atomic E-state index is 0.0690. The Morgan fingerprint density at radius 3 is 2.46 bits per heavy atom. The lowest BCUT2D eigenvalue weighted by Crippen LogP contribution is -2.55. The number of hydrogen-bond acceptors (Lipinski definition) is 5. The van der Waals surface area contributed by atoms with Gasteiger partial charge in [-0.2, -0.15) is 8.42 Å². The quantitative estimate of drug-likeness (QED) is 0.206. The fraction of sp³-hybridized carbons (Fsp3) is 0.833. The predicted molar refractivity (Wildman–Crippen MR) is 145 cm³/mol. The van der Waals surface area contributed by atoms with Crippen molar-refractivity contribution in [1.82, 2.24) is 0 Å². The Morgan fingerprint density at radius 2 is 1.84 bits per heavy atom. The van der Waals surface area contributed by atoms with Crippen LogP contribution in [0.1, 0.15) is 99.3 Å². The normalized spacial score (nSPS) is 40.3. The van der Waals surface area contributed by atoms with Crippen molar-refractivity contribution >= 4 is 16.4 Å². The minimum atomic E-state index is -4.50. The molecule has 4 aliphatic carbocycles. The van der Waals surface area contributed by atoms with Crippen molar-refractivity contribution in [3.63, 3.8) is 0 Å². The molecule has 0 spiro atoms. The Balaban J connectivity index is 1.60. The summed E-state index contributed by atoms with van der Waals surface area (Å²) in [5.74, 6) is 2.71. The van der Waals surface area contributed by atoms with Crippen LogP contribution in [0.2, 0.25) is 0 Å². The van der Waals surface area contributed by atoms with Gasteiger partial charge in [0, 0.05) is 12.8 Å². The molecule has 3 fully saturated rings. The standard InChI is InChI=1S/C30H48O6S/c1-18(2)19(3)8-9-20(4)24-10-11-25-28-26(13-15-30(24,25)7)29(6)14-12-23(36-37(32,33)34)16-22(29)17-27(28)35-21(5)31/h17-18,20,23-28H,3,8-16H2,1-2,4-7H3,(H,32,33,34)/t20?,23-,24?,25?,26?,27?,28?,29-,30+/m0/s1. The fourth-order valence-electron chi connectivity index (χ4n) is 9.03. The molecule has 7 heteroatoms. The van der Waals surface area contributed by atoms with Crippen molar-refractivity contribution in [3.05, 3.63) is 23.8 Å². The zero-order chi connectivity index (χ0) is 27.3. The number of hydrogen-bond donors (Lipinski definition) is 1. The second-order valence-corrected chi connectivity index (χ2v) is 14.5. The first-order valence-corrected chi connectivity index (χ1v) is 15.7. The van der Waals surface area contributed by atoms with E-state index in [2.05, 4.69) is 47.3 Å². The van der Waals surface area contributed by atoms with E-state index in [1.807, 2.05) is 0 Å². The van der Waals surface area contributed by atoms with Gasteiger partial charge in [-0.1, -0.05) is 52.3 Å². The van der Waals surface area contributed by atoms with Crippen LogP contribution in [0.15, 0.2) is 23.8 Å². The second kappa shape index (κ2) is 10.4. The van der Waals surface area contributed by atoms with Crippen molar-refractivity contribution in [2.24, 2.45) is 46.3 Å². The Morgan fingerprint density at radius 1 is 1.14 bits per heavy atom. The first-order valence-electron chi connectivity index (χ1n) is 14.4. The molecule has 0 aromatic rings. The summed E-state index contributed by atoms with van der Waals surface area (Å²) in [4.78, 5) is 12.2. The third-order valence-electron chi connectivity index (χ3n) is 11.1. The molecule has 4 aliphatic rings. The van der Waals surface area contributed by atoms with E-state index in [0.717, 1.165) is 24.8 Å². The van der Waals surface area contributed by atoms with Crippen molar-refractivity contribution in [2.45, 2.75) is 112 Å². The molecule has 6 unspecified atom stereocenters. The molecule has 210 valence electrons. The number of carbonyl (C=O) groups is 1. The molecule has 1 N–H and O–H groups in total. The number of fused-ring (bicyclic) bond motifs is 5. The maximum Gasteiger partial charge on any atom is 0.397 e. The number of esters is 1. The summed E-state index contributed by atoms with van der Waals surface area (Å²) < 4.78 is 43.0. The highest BCUT2D eigenvalue weighted by molar-refractivity contribution is 7.80. The van der Waals surface area contributed by atoms with Gasteiger partial charge in [-0.25, -0.2) is 4.18 Å². The van der Waals surface area contributed by atoms with Crippen LogP contribution < -0.4 is 0 Å². The Hall–Kier alpha value is -1.18. The highest BCUT2D eigenvalue weighted by Crippen LogP contribution is 2.67. The Kier molecular flexibility index (Phi) is 8.12. The molecule has 0 aromatic heterocycles. The van der Waals surface area contributed by atoms with E-state index >= 15 is 0 Å². The van der Waals surface area contributed by atoms with E-state index in [4.69, 9.17) is 8.92 Å². The molecule has 0 heterocycles. The third kappa shape index (κ3) is 5.60. The van der Waals surface area contributed by atoms with Crippen LogP contribution in [0.3, 0.4) is 0 Å². The average molecular weight is 537 g/mol. The number of ether oxygens (including phenoxy) is 1. The number of allylic oxidation sites excluding steroid dienone is 1. The summed E-state index contributed by atoms with van der Waals surface area (Å²) in [6, 6.07) is 0. The summed E-state index contributed by atoms with van der Waals surface area (Å²) in [5.41, 5.74) is 2.63. The second-order valence-electron chi connectivity index (χ2n) is 13.4. The van der Waals surface area contributed by atoms with Gasteiger partial charge in [0.15, 0.2) is 0 Å². The van der Waals surface area contributed by atoms with E-state index < -0.39 is 16.5 Å². The fourth-order valence-corrected chi connectivity index (χ4v) is 9.53. The molecule has 0 saturated heterocycles. The van der Waals surface area contributed by atoms with Crippen LogP contribution >= 0.6 is 0 Å². The van der Waals surface area contributed by atoms with Crippen molar-refractivity contribution in [2.75, 3.05) is 0 Å². The molecule has 37 heavy (non-hydrogen) atoms. The minimum Gasteiger partial charge on any atom is -0.458 e. The summed E-state index contributed by atoms with van der Waals surface area (Å²) >= 11 is 0. The Bertz CT molecular complexity index is 1030. The van der Waals surface area contributed by atoms with Crippen LogP contribution in [-0.2, 0) is 24.1 Å². The zero-order valence-corrected chi connectivity index (χ0v) is 24.5. The Labute approximate surface area is 224 Å². The van der Waals surface area contributed by atoms with Gasteiger partial charge in [-0.15, -0.1) is 0 Å². The largest absolute Gasteiger partial charge is 0.458 e. The van der Waals surface area contributed by atoms with E-state index in [0.29, 0.717) is 42.4 Å². The van der Waals surface area contributed by atoms with Crippen LogP contribution in [0, 0.1) is 46.3 Å². The number of rotatable bonds is 8. The molecule has 9 atom stereocenters. The first kappa shape index (κ1) is 28.8. The van der Waals surface area contributed by atoms with Crippen molar-refractivity contribution < 1.29 is 26.7 Å². The van der Waals surface area contributed by atoms with Gasteiger partial charge < -0.3 is 4.74 Å². The maximum atomic E-state index is 12.2. The van der Waals surface area contributed by atoms with Crippen LogP contribution in [0.5, 0.6) is 0 Å². The molecule has 6 nitrogen and oxygen atoms in total. The summed E-state index contributed by atoms with van der Waals surface area (Å²) in [6.45, 7) is 17.5. The van der Waals surface area contributed by atoms with Gasteiger partial charge >= 0.3 is 16.4 Å². The lowest BCUT2D eigenvalue weighted by Gasteiger charge is -2.59. The summed E-state index contributed by atoms with van der Waals surface area (Å²) in [5, 5.41) is 0. The van der Waals surface area contributed by atoms with E-state index in [1.54, 1.807) is 0 Å². The molecular weight excluding hydrogens is 488 g/mol. The maximum absolute atomic E-state index is 12.2. The van der Waals surface area contributed by atoms with Crippen molar-refractivity contribution in [3.8, 4) is 0 Å². The monoisotopic (exact) mass is 536 g/mol. The predicted octanol–water partition coefficient (Wildman–Crippen LogP) is 6.92. The summed E-state index contributed by atoms with van der Waals surface area (Å²) in [6.07, 6.45) is 10.0. The highest BCUT2D eigenvalue weighted by atomic mass is 32.3. The molecule has 0 radical (unpaired) electrons. The molecule has 0 bridgehead atoms. The highest BCUT2D eigenvalue weighted by Gasteiger charge is 2.62. The van der Waals surface area contributed by atoms with Gasteiger partial charge in [0.1, 0.15) is 6.10 Å². The summed E-state index contributed by atoms with van der Waals surface area (Å²) in [7, 11) is -4.50. The van der Waals surface area contributed by atoms with Gasteiger partial charge in [0.05, 0.1) is 6.10 Å². The van der Waals surface area contributed by atoms with Gasteiger partial charge in [0.25, 0.3) is 0 Å². The molecule has 0 aromatic carbocycles. The van der Waals surface area contributed by atoms with E-state index in [1.165, 1.54) is 38.2 Å². The third-order valence-corrected chi connectivity index (χ3v) is 11.6. The van der Waals surface area contributed by atoms with Gasteiger partial charge in [-0.05, 0) is 104 Å². The smallest absolute Gasteiger partial charge is 0.397 e. The van der Waals surface area contributed by atoms with E-state index in [-0.39, 0.29) is 28.8 Å². The topological polar surface area (TPSA) is 89.9 Å². The molecule has 0 aliphatic heterocycles. The van der Waals surface area contributed by atoms with Crippen LogP contribution in [-0.4, -0.2) is 31.1 Å². The van der Waals surface area contributed by atoms with Crippen LogP contribution in [0.25, 0.3) is 0 Å². The lowest BCUT2D eigenvalue weighted by molar-refractivity contribution is -0.158.